The molecule has 0 aromatic heterocycles. The average molecular weight is 389 g/mol. The zero-order valence-electron chi connectivity index (χ0n) is 17.9. The van der Waals surface area contributed by atoms with Crippen molar-refractivity contribution in [3.63, 3.8) is 0 Å². The predicted molar refractivity (Wildman–Crippen MR) is 108 cm³/mol. The molecule has 1 aliphatic heterocycles. The van der Waals surface area contributed by atoms with E-state index in [1.165, 1.54) is 0 Å². The number of amides is 2. The van der Waals surface area contributed by atoms with Crippen LogP contribution in [0.2, 0.25) is 0 Å². The summed E-state index contributed by atoms with van der Waals surface area (Å²) in [5.74, 6) is 1.46. The second kappa shape index (κ2) is 6.32. The summed E-state index contributed by atoms with van der Waals surface area (Å²) < 4.78 is 0. The number of aliphatic hydroxyl groups is 1. The van der Waals surface area contributed by atoms with E-state index in [4.69, 9.17) is 0 Å². The molecule has 3 N–H and O–H groups in total. The number of hydrogen-bond acceptors (Lipinski definition) is 3. The largest absolute Gasteiger partial charge is 0.391 e. The van der Waals surface area contributed by atoms with Crippen LogP contribution < -0.4 is 10.6 Å². The Morgan fingerprint density at radius 1 is 1.21 bits per heavy atom. The third kappa shape index (κ3) is 2.92. The molecule has 3 fully saturated rings. The van der Waals surface area contributed by atoms with E-state index in [0.29, 0.717) is 17.8 Å². The molecule has 3 aliphatic carbocycles. The minimum atomic E-state index is -0.523. The van der Waals surface area contributed by atoms with Gasteiger partial charge in [-0.2, -0.15) is 0 Å². The molecule has 4 aliphatic rings. The lowest BCUT2D eigenvalue weighted by Crippen LogP contribution is -2.64. The normalized spacial score (nSPS) is 47.6. The fourth-order valence-corrected chi connectivity index (χ4v) is 7.27. The Hall–Kier alpha value is -1.36. The van der Waals surface area contributed by atoms with Gasteiger partial charge in [-0.05, 0) is 82.1 Å². The molecule has 0 saturated heterocycles. The Labute approximate surface area is 168 Å². The lowest BCUT2D eigenvalue weighted by Gasteiger charge is -2.60. The van der Waals surface area contributed by atoms with Gasteiger partial charge in [-0.3, -0.25) is 9.59 Å². The number of carbonyl (C=O) groups is 2. The number of aliphatic hydroxyl groups excluding tert-OH is 1. The van der Waals surface area contributed by atoms with E-state index < -0.39 is 6.10 Å². The molecule has 8 atom stereocenters. The van der Waals surface area contributed by atoms with E-state index in [9.17, 15) is 14.7 Å². The van der Waals surface area contributed by atoms with Gasteiger partial charge < -0.3 is 15.7 Å². The van der Waals surface area contributed by atoms with Gasteiger partial charge in [0.05, 0.1) is 12.1 Å². The molecule has 3 saturated carbocycles. The molecule has 0 aromatic carbocycles. The van der Waals surface area contributed by atoms with Crippen LogP contribution in [0.4, 0.5) is 0 Å². The molecule has 8 unspecified atom stereocenters. The molecule has 2 amide bonds. The Kier molecular flexibility index (Phi) is 4.50. The summed E-state index contributed by atoms with van der Waals surface area (Å²) in [6, 6.07) is -0.197. The van der Waals surface area contributed by atoms with E-state index in [2.05, 4.69) is 30.6 Å². The first-order chi connectivity index (χ1) is 13.0. The van der Waals surface area contributed by atoms with E-state index in [-0.39, 0.29) is 40.1 Å². The van der Waals surface area contributed by atoms with E-state index in [1.807, 2.05) is 20.8 Å². The van der Waals surface area contributed by atoms with Crippen LogP contribution in [0.5, 0.6) is 0 Å². The summed E-state index contributed by atoms with van der Waals surface area (Å²) >= 11 is 0. The molecule has 0 radical (unpaired) electrons. The molecule has 0 bridgehead atoms. The lowest BCUT2D eigenvalue weighted by atomic mass is 9.47. The number of rotatable bonds is 1. The Morgan fingerprint density at radius 2 is 1.93 bits per heavy atom. The van der Waals surface area contributed by atoms with Crippen molar-refractivity contribution in [1.29, 1.82) is 0 Å². The van der Waals surface area contributed by atoms with Crippen LogP contribution in [0, 0.1) is 34.5 Å². The fraction of sp³-hybridized carbons (Fsp3) is 0.826. The summed E-state index contributed by atoms with van der Waals surface area (Å²) in [4.78, 5) is 24.9. The average Bonchev–Trinajstić information content (AvgIpc) is 2.93. The van der Waals surface area contributed by atoms with Crippen LogP contribution in [0.3, 0.4) is 0 Å². The van der Waals surface area contributed by atoms with Crippen molar-refractivity contribution in [3.8, 4) is 0 Å². The van der Waals surface area contributed by atoms with Gasteiger partial charge in [0.1, 0.15) is 0 Å². The van der Waals surface area contributed by atoms with Crippen molar-refractivity contribution in [2.75, 3.05) is 0 Å². The molecular weight excluding hydrogens is 352 g/mol. The molecule has 5 heteroatoms. The second-order valence-corrected chi connectivity index (χ2v) is 11.3. The molecule has 0 spiro atoms. The van der Waals surface area contributed by atoms with Crippen molar-refractivity contribution in [1.82, 2.24) is 10.6 Å². The SMILES string of the molecule is CC(C)(C)NC(=O)C1CCC2C3CC(O)C4NC(=O)C=CC4(C)C3CCC12C. The monoisotopic (exact) mass is 388 g/mol. The van der Waals surface area contributed by atoms with Gasteiger partial charge in [0.25, 0.3) is 0 Å². The van der Waals surface area contributed by atoms with Gasteiger partial charge >= 0.3 is 0 Å². The Morgan fingerprint density at radius 3 is 2.61 bits per heavy atom. The van der Waals surface area contributed by atoms with Gasteiger partial charge in [0, 0.05) is 16.9 Å². The molecule has 4 rings (SSSR count). The number of hydrogen-bond donors (Lipinski definition) is 3. The van der Waals surface area contributed by atoms with Crippen molar-refractivity contribution in [3.05, 3.63) is 12.2 Å². The van der Waals surface area contributed by atoms with Crippen molar-refractivity contribution < 1.29 is 14.7 Å². The quantitative estimate of drug-likeness (QED) is 0.646. The van der Waals surface area contributed by atoms with Crippen LogP contribution >= 0.6 is 0 Å². The Balaban J connectivity index is 1.61. The van der Waals surface area contributed by atoms with E-state index >= 15 is 0 Å². The van der Waals surface area contributed by atoms with Crippen LogP contribution in [-0.2, 0) is 9.59 Å². The standard InChI is InChI=1S/C23H36N2O3/c1-21(2,3)25-20(28)16-7-6-14-13-12-17(26)19-23(5,11-9-18(27)24-19)15(13)8-10-22(14,16)4/h9,11,13-17,19,26H,6-8,10,12H2,1-5H3,(H,24,27)(H,25,28). The summed E-state index contributed by atoms with van der Waals surface area (Å²) in [6.45, 7) is 10.6. The summed E-state index contributed by atoms with van der Waals surface area (Å²) in [5.41, 5.74) is -0.417. The maximum Gasteiger partial charge on any atom is 0.244 e. The first-order valence-corrected chi connectivity index (χ1v) is 11.0. The number of carbonyl (C=O) groups excluding carboxylic acids is 2. The maximum absolute atomic E-state index is 13.1. The minimum Gasteiger partial charge on any atom is -0.391 e. The van der Waals surface area contributed by atoms with Gasteiger partial charge in [-0.15, -0.1) is 0 Å². The van der Waals surface area contributed by atoms with Crippen molar-refractivity contribution in [2.45, 2.75) is 84.4 Å². The Bertz CT molecular complexity index is 711. The minimum absolute atomic E-state index is 0.00104. The zero-order chi connectivity index (χ0) is 20.5. The predicted octanol–water partition coefficient (Wildman–Crippen LogP) is 2.79. The second-order valence-electron chi connectivity index (χ2n) is 11.3. The summed E-state index contributed by atoms with van der Waals surface area (Å²) in [5, 5.41) is 17.2. The van der Waals surface area contributed by atoms with Gasteiger partial charge in [-0.1, -0.05) is 19.9 Å². The van der Waals surface area contributed by atoms with Crippen LogP contribution in [-0.4, -0.2) is 34.6 Å². The number of fused-ring (bicyclic) bond motifs is 5. The third-order valence-electron chi connectivity index (χ3n) is 8.51. The maximum atomic E-state index is 13.1. The molecular formula is C23H36N2O3. The molecule has 28 heavy (non-hydrogen) atoms. The number of nitrogens with one attached hydrogen (secondary N) is 2. The fourth-order valence-electron chi connectivity index (χ4n) is 7.27. The summed E-state index contributed by atoms with van der Waals surface area (Å²) in [7, 11) is 0. The van der Waals surface area contributed by atoms with Crippen LogP contribution in [0.15, 0.2) is 12.2 Å². The van der Waals surface area contributed by atoms with E-state index in [0.717, 1.165) is 32.1 Å². The van der Waals surface area contributed by atoms with Crippen LogP contribution in [0.25, 0.3) is 0 Å². The van der Waals surface area contributed by atoms with Gasteiger partial charge in [0.2, 0.25) is 11.8 Å². The highest BCUT2D eigenvalue weighted by atomic mass is 16.3. The van der Waals surface area contributed by atoms with Crippen LogP contribution in [0.1, 0.15) is 66.7 Å². The van der Waals surface area contributed by atoms with E-state index in [1.54, 1.807) is 6.08 Å². The zero-order valence-corrected chi connectivity index (χ0v) is 17.9. The molecule has 1 heterocycles. The molecule has 156 valence electrons. The molecule has 5 nitrogen and oxygen atoms in total. The highest BCUT2D eigenvalue weighted by Gasteiger charge is 2.62. The van der Waals surface area contributed by atoms with Gasteiger partial charge in [0.15, 0.2) is 0 Å². The highest BCUT2D eigenvalue weighted by molar-refractivity contribution is 5.89. The third-order valence-corrected chi connectivity index (χ3v) is 8.51. The lowest BCUT2D eigenvalue weighted by molar-refractivity contribution is -0.141. The topological polar surface area (TPSA) is 78.4 Å². The molecule has 0 aromatic rings. The highest BCUT2D eigenvalue weighted by Crippen LogP contribution is 2.65. The van der Waals surface area contributed by atoms with Gasteiger partial charge in [-0.25, -0.2) is 0 Å². The summed E-state index contributed by atoms with van der Waals surface area (Å²) in [6.07, 6.45) is 8.00. The first kappa shape index (κ1) is 19.9. The van der Waals surface area contributed by atoms with Crippen molar-refractivity contribution in [2.24, 2.45) is 34.5 Å². The smallest absolute Gasteiger partial charge is 0.244 e. The first-order valence-electron chi connectivity index (χ1n) is 11.0. The van der Waals surface area contributed by atoms with Crippen molar-refractivity contribution >= 4 is 11.8 Å².